The Morgan fingerprint density at radius 3 is 1.94 bits per heavy atom. The van der Waals surface area contributed by atoms with Crippen LogP contribution in [-0.4, -0.2) is 55.4 Å². The van der Waals surface area contributed by atoms with E-state index in [0.29, 0.717) is 31.9 Å². The number of halogens is 6. The normalized spacial score (nSPS) is 15.6. The van der Waals surface area contributed by atoms with E-state index in [4.69, 9.17) is 21.9 Å². The van der Waals surface area contributed by atoms with Gasteiger partial charge in [0.1, 0.15) is 0 Å². The van der Waals surface area contributed by atoms with E-state index >= 15 is 0 Å². The van der Waals surface area contributed by atoms with Crippen LogP contribution in [0.1, 0.15) is 16.7 Å². The van der Waals surface area contributed by atoms with E-state index in [9.17, 15) is 35.9 Å². The predicted molar refractivity (Wildman–Crippen MR) is 105 cm³/mol. The number of hydrogen-bond donors (Lipinski definition) is 4. The van der Waals surface area contributed by atoms with Crippen molar-refractivity contribution in [1.29, 1.82) is 0 Å². The SMILES string of the molecule is NC(=O)/C=C\N/N=C(\N)c1cc(C(F)(F)F)cc(C(F)(F)F)c1.NC(=O)CN1CCOCC1. The van der Waals surface area contributed by atoms with Crippen LogP contribution in [0.2, 0.25) is 0 Å². The minimum Gasteiger partial charge on any atom is -0.382 e. The van der Waals surface area contributed by atoms with E-state index in [0.717, 1.165) is 25.4 Å². The molecular formula is C18H22F6N6O3. The third-order valence-electron chi connectivity index (χ3n) is 3.87. The average molecular weight is 484 g/mol. The molecule has 7 N–H and O–H groups in total. The van der Waals surface area contributed by atoms with Gasteiger partial charge in [0.25, 0.3) is 0 Å². The predicted octanol–water partition coefficient (Wildman–Crippen LogP) is 0.737. The van der Waals surface area contributed by atoms with Crippen LogP contribution in [0.3, 0.4) is 0 Å². The summed E-state index contributed by atoms with van der Waals surface area (Å²) in [4.78, 5) is 22.8. The fourth-order valence-corrected chi connectivity index (χ4v) is 2.37. The first-order valence-corrected chi connectivity index (χ1v) is 9.13. The van der Waals surface area contributed by atoms with Gasteiger partial charge in [0.15, 0.2) is 5.84 Å². The molecule has 0 radical (unpaired) electrons. The molecule has 0 spiro atoms. The number of rotatable bonds is 6. The van der Waals surface area contributed by atoms with Crippen molar-refractivity contribution in [2.24, 2.45) is 22.3 Å². The molecule has 0 bridgehead atoms. The highest BCUT2D eigenvalue weighted by Gasteiger charge is 2.37. The van der Waals surface area contributed by atoms with Crippen molar-refractivity contribution in [3.8, 4) is 0 Å². The molecular weight excluding hydrogens is 462 g/mol. The zero-order chi connectivity index (χ0) is 25.2. The molecule has 0 unspecified atom stereocenters. The molecule has 2 amide bonds. The van der Waals surface area contributed by atoms with E-state index in [-0.39, 0.29) is 12.0 Å². The first-order valence-electron chi connectivity index (χ1n) is 9.13. The van der Waals surface area contributed by atoms with Crippen LogP contribution >= 0.6 is 0 Å². The molecule has 1 aromatic rings. The lowest BCUT2D eigenvalue weighted by atomic mass is 10.0. The maximum absolute atomic E-state index is 12.7. The van der Waals surface area contributed by atoms with Gasteiger partial charge in [-0.15, -0.1) is 0 Å². The van der Waals surface area contributed by atoms with Crippen LogP contribution in [-0.2, 0) is 26.7 Å². The van der Waals surface area contributed by atoms with E-state index in [1.54, 1.807) is 0 Å². The number of morpholine rings is 1. The number of amidine groups is 1. The van der Waals surface area contributed by atoms with Gasteiger partial charge in [-0.05, 0) is 18.2 Å². The molecule has 0 aromatic heterocycles. The Kier molecular flexibility index (Phi) is 10.1. The molecule has 1 aromatic carbocycles. The number of carbonyl (C=O) groups is 2. The second-order valence-corrected chi connectivity index (χ2v) is 6.51. The molecule has 0 saturated carbocycles. The summed E-state index contributed by atoms with van der Waals surface area (Å²) in [6.07, 6.45) is -8.25. The average Bonchev–Trinajstić information content (AvgIpc) is 2.70. The van der Waals surface area contributed by atoms with Crippen molar-refractivity contribution in [2.75, 3.05) is 32.8 Å². The van der Waals surface area contributed by atoms with Gasteiger partial charge in [-0.25, -0.2) is 0 Å². The fraction of sp³-hybridized carbons (Fsp3) is 0.389. The smallest absolute Gasteiger partial charge is 0.382 e. The van der Waals surface area contributed by atoms with Crippen LogP contribution in [0.4, 0.5) is 26.3 Å². The van der Waals surface area contributed by atoms with Gasteiger partial charge in [-0.2, -0.15) is 31.4 Å². The molecule has 1 heterocycles. The summed E-state index contributed by atoms with van der Waals surface area (Å²) in [5.41, 5.74) is 13.5. The summed E-state index contributed by atoms with van der Waals surface area (Å²) in [6.45, 7) is 3.44. The number of nitrogens with one attached hydrogen (secondary N) is 1. The molecule has 9 nitrogen and oxygen atoms in total. The standard InChI is InChI=1S/C12H10F6N4O.C6H12N2O2/c13-11(14,15)7-3-6(4-8(5-7)12(16,17)18)10(20)22-21-2-1-9(19)23;7-6(9)5-8-1-3-10-4-2-8/h1-5,21H,(H2,19,23)(H2,20,22);1-5H2,(H2,7,9)/b2-1-;. The van der Waals surface area contributed by atoms with Crippen molar-refractivity contribution >= 4 is 17.6 Å². The summed E-state index contributed by atoms with van der Waals surface area (Å²) in [5, 5.41) is 3.33. The van der Waals surface area contributed by atoms with Crippen LogP contribution in [0.5, 0.6) is 0 Å². The van der Waals surface area contributed by atoms with Crippen molar-refractivity contribution in [3.05, 3.63) is 47.2 Å². The molecule has 0 atom stereocenters. The van der Waals surface area contributed by atoms with Gasteiger partial charge in [0, 0.05) is 30.9 Å². The molecule has 1 fully saturated rings. The zero-order valence-electron chi connectivity index (χ0n) is 17.0. The minimum absolute atomic E-state index is 0.0306. The third-order valence-corrected chi connectivity index (χ3v) is 3.87. The number of nitrogens with two attached hydrogens (primary N) is 3. The summed E-state index contributed by atoms with van der Waals surface area (Å²) >= 11 is 0. The number of benzene rings is 1. The van der Waals surface area contributed by atoms with Crippen molar-refractivity contribution in [1.82, 2.24) is 10.3 Å². The number of nitrogens with zero attached hydrogens (tertiary/aromatic N) is 2. The molecule has 1 aliphatic heterocycles. The molecule has 184 valence electrons. The number of primary amides is 2. The summed E-state index contributed by atoms with van der Waals surface area (Å²) in [5.74, 6) is -1.75. The summed E-state index contributed by atoms with van der Waals surface area (Å²) in [7, 11) is 0. The highest BCUT2D eigenvalue weighted by molar-refractivity contribution is 5.97. The van der Waals surface area contributed by atoms with E-state index in [2.05, 4.69) is 10.5 Å². The van der Waals surface area contributed by atoms with Gasteiger partial charge in [-0.3, -0.25) is 19.9 Å². The second-order valence-electron chi connectivity index (χ2n) is 6.51. The van der Waals surface area contributed by atoms with Crippen LogP contribution in [0.15, 0.2) is 35.6 Å². The van der Waals surface area contributed by atoms with Gasteiger partial charge >= 0.3 is 12.4 Å². The maximum atomic E-state index is 12.7. The summed E-state index contributed by atoms with van der Waals surface area (Å²) in [6, 6.07) is 0.818. The molecule has 1 saturated heterocycles. The number of hydrogen-bond acceptors (Lipinski definition) is 6. The molecule has 0 aliphatic carbocycles. The zero-order valence-corrected chi connectivity index (χ0v) is 17.0. The van der Waals surface area contributed by atoms with Gasteiger partial charge in [0.05, 0.1) is 30.9 Å². The Balaban J connectivity index is 0.000000451. The molecule has 33 heavy (non-hydrogen) atoms. The third kappa shape index (κ3) is 10.7. The van der Waals surface area contributed by atoms with Crippen LogP contribution in [0, 0.1) is 0 Å². The van der Waals surface area contributed by atoms with Crippen LogP contribution < -0.4 is 22.6 Å². The van der Waals surface area contributed by atoms with Crippen molar-refractivity contribution < 1.29 is 40.7 Å². The highest BCUT2D eigenvalue weighted by atomic mass is 19.4. The van der Waals surface area contributed by atoms with E-state index in [1.807, 2.05) is 4.90 Å². The Hall–Kier alpha value is -3.33. The number of hydrazone groups is 1. The largest absolute Gasteiger partial charge is 0.416 e. The quantitative estimate of drug-likeness (QED) is 0.154. The van der Waals surface area contributed by atoms with Gasteiger partial charge in [0.2, 0.25) is 11.8 Å². The fourth-order valence-electron chi connectivity index (χ4n) is 2.37. The molecule has 2 rings (SSSR count). The van der Waals surface area contributed by atoms with Crippen molar-refractivity contribution in [2.45, 2.75) is 12.4 Å². The summed E-state index contributed by atoms with van der Waals surface area (Å²) < 4.78 is 81.1. The van der Waals surface area contributed by atoms with Gasteiger partial charge in [-0.1, -0.05) is 0 Å². The van der Waals surface area contributed by atoms with Crippen LogP contribution in [0.25, 0.3) is 0 Å². The molecule has 1 aliphatic rings. The Morgan fingerprint density at radius 1 is 1.00 bits per heavy atom. The second kappa shape index (κ2) is 12.1. The van der Waals surface area contributed by atoms with Gasteiger partial charge < -0.3 is 21.9 Å². The number of ether oxygens (including phenoxy) is 1. The van der Waals surface area contributed by atoms with E-state index in [1.165, 1.54) is 0 Å². The first kappa shape index (κ1) is 27.7. The number of alkyl halides is 6. The van der Waals surface area contributed by atoms with Crippen molar-refractivity contribution in [3.63, 3.8) is 0 Å². The lowest BCUT2D eigenvalue weighted by Crippen LogP contribution is -2.41. The lowest BCUT2D eigenvalue weighted by Gasteiger charge is -2.24. The number of carbonyl (C=O) groups excluding carboxylic acids is 2. The Labute approximate surface area is 184 Å². The number of amides is 2. The monoisotopic (exact) mass is 484 g/mol. The lowest BCUT2D eigenvalue weighted by molar-refractivity contribution is -0.143. The topological polar surface area (TPSA) is 149 Å². The Morgan fingerprint density at radius 2 is 1.52 bits per heavy atom. The highest BCUT2D eigenvalue weighted by Crippen LogP contribution is 2.36. The molecule has 15 heteroatoms. The Bertz CT molecular complexity index is 847. The minimum atomic E-state index is -4.99. The van der Waals surface area contributed by atoms with E-state index < -0.39 is 40.8 Å². The first-order chi connectivity index (χ1) is 15.2. The maximum Gasteiger partial charge on any atom is 0.416 e.